The van der Waals surface area contributed by atoms with Gasteiger partial charge >= 0.3 is 0 Å². The van der Waals surface area contributed by atoms with E-state index < -0.39 is 0 Å². The fraction of sp³-hybridized carbons (Fsp3) is 0.500. The highest BCUT2D eigenvalue weighted by molar-refractivity contribution is 5.47. The molecule has 2 aliphatic rings. The van der Waals surface area contributed by atoms with Crippen LogP contribution in [0.15, 0.2) is 54.9 Å². The summed E-state index contributed by atoms with van der Waals surface area (Å²) >= 11 is 0. The summed E-state index contributed by atoms with van der Waals surface area (Å²) in [4.78, 5) is 9.20. The third kappa shape index (κ3) is 4.08. The van der Waals surface area contributed by atoms with Crippen LogP contribution in [0.25, 0.3) is 0 Å². The van der Waals surface area contributed by atoms with E-state index in [4.69, 9.17) is 4.74 Å². The van der Waals surface area contributed by atoms with Gasteiger partial charge in [0.2, 0.25) is 0 Å². The Bertz CT molecular complexity index is 683. The number of aromatic nitrogens is 1. The van der Waals surface area contributed by atoms with Crippen molar-refractivity contribution in [1.29, 1.82) is 0 Å². The van der Waals surface area contributed by atoms with E-state index in [2.05, 4.69) is 64.2 Å². The number of ether oxygens (including phenoxy) is 1. The van der Waals surface area contributed by atoms with Gasteiger partial charge in [-0.1, -0.05) is 18.2 Å². The van der Waals surface area contributed by atoms with Crippen LogP contribution >= 0.6 is 0 Å². The molecule has 4 nitrogen and oxygen atoms in total. The van der Waals surface area contributed by atoms with Gasteiger partial charge in [-0.15, -0.1) is 0 Å². The average Bonchev–Trinajstić information content (AvgIpc) is 2.69. The van der Waals surface area contributed by atoms with Gasteiger partial charge in [-0.2, -0.15) is 0 Å². The first-order valence-corrected chi connectivity index (χ1v) is 9.82. The standard InChI is InChI=1S/C22H29N3O/c1-19-17-25(21-5-3-2-4-6-21)18-22(26-19)10-15-24(16-11-22)14-9-20-7-12-23-13-8-20/h2-8,12-13,19H,9-11,14-18H2,1H3. The van der Waals surface area contributed by atoms with E-state index >= 15 is 0 Å². The first kappa shape index (κ1) is 17.5. The van der Waals surface area contributed by atoms with E-state index in [0.717, 1.165) is 52.0 Å². The Morgan fingerprint density at radius 2 is 1.81 bits per heavy atom. The predicted molar refractivity (Wildman–Crippen MR) is 106 cm³/mol. The van der Waals surface area contributed by atoms with Crippen LogP contribution in [0.4, 0.5) is 5.69 Å². The summed E-state index contributed by atoms with van der Waals surface area (Å²) in [5.74, 6) is 0. The number of hydrogen-bond acceptors (Lipinski definition) is 4. The smallest absolute Gasteiger partial charge is 0.0885 e. The van der Waals surface area contributed by atoms with Gasteiger partial charge in [0.05, 0.1) is 11.7 Å². The van der Waals surface area contributed by atoms with E-state index in [0.29, 0.717) is 0 Å². The third-order valence-electron chi connectivity index (χ3n) is 5.76. The summed E-state index contributed by atoms with van der Waals surface area (Å²) in [6.07, 6.45) is 7.40. The number of benzene rings is 1. The van der Waals surface area contributed by atoms with E-state index in [1.165, 1.54) is 11.3 Å². The molecule has 138 valence electrons. The molecule has 4 rings (SSSR count). The molecular weight excluding hydrogens is 322 g/mol. The van der Waals surface area contributed by atoms with Gasteiger partial charge in [0, 0.05) is 50.8 Å². The Balaban J connectivity index is 1.35. The highest BCUT2D eigenvalue weighted by atomic mass is 16.5. The lowest BCUT2D eigenvalue weighted by atomic mass is 9.88. The fourth-order valence-corrected chi connectivity index (χ4v) is 4.36. The minimum absolute atomic E-state index is 0.0146. The first-order valence-electron chi connectivity index (χ1n) is 9.82. The van der Waals surface area contributed by atoms with Gasteiger partial charge in [-0.3, -0.25) is 4.98 Å². The molecule has 1 aromatic heterocycles. The van der Waals surface area contributed by atoms with Crippen molar-refractivity contribution in [2.75, 3.05) is 37.6 Å². The summed E-state index contributed by atoms with van der Waals surface area (Å²) < 4.78 is 6.50. The lowest BCUT2D eigenvalue weighted by molar-refractivity contribution is -0.126. The molecule has 1 spiro atoms. The molecule has 2 saturated heterocycles. The van der Waals surface area contributed by atoms with E-state index in [9.17, 15) is 0 Å². The third-order valence-corrected chi connectivity index (χ3v) is 5.76. The van der Waals surface area contributed by atoms with Crippen molar-refractivity contribution >= 4 is 5.69 Å². The minimum Gasteiger partial charge on any atom is -0.368 e. The second kappa shape index (κ2) is 7.77. The number of likely N-dealkylation sites (tertiary alicyclic amines) is 1. The number of morpholine rings is 1. The maximum atomic E-state index is 6.50. The number of hydrogen-bond donors (Lipinski definition) is 0. The molecule has 1 unspecified atom stereocenters. The normalized spacial score (nSPS) is 23.3. The second-order valence-electron chi connectivity index (χ2n) is 7.77. The summed E-state index contributed by atoms with van der Waals surface area (Å²) in [5, 5.41) is 0. The van der Waals surface area contributed by atoms with Crippen molar-refractivity contribution < 1.29 is 4.74 Å². The molecule has 2 aliphatic heterocycles. The summed E-state index contributed by atoms with van der Waals surface area (Å²) in [5.41, 5.74) is 2.71. The molecular formula is C22H29N3O. The molecule has 0 radical (unpaired) electrons. The molecule has 2 fully saturated rings. The van der Waals surface area contributed by atoms with Crippen LogP contribution in [0.3, 0.4) is 0 Å². The highest BCUT2D eigenvalue weighted by Gasteiger charge is 2.41. The van der Waals surface area contributed by atoms with Crippen molar-refractivity contribution in [2.24, 2.45) is 0 Å². The molecule has 4 heteroatoms. The number of rotatable bonds is 4. The van der Waals surface area contributed by atoms with Crippen LogP contribution in [0, 0.1) is 0 Å². The van der Waals surface area contributed by atoms with Crippen molar-refractivity contribution in [3.8, 4) is 0 Å². The summed E-state index contributed by atoms with van der Waals surface area (Å²) in [7, 11) is 0. The number of pyridine rings is 1. The molecule has 1 aromatic carbocycles. The van der Waals surface area contributed by atoms with Gasteiger partial charge in [0.1, 0.15) is 0 Å². The topological polar surface area (TPSA) is 28.6 Å². The van der Waals surface area contributed by atoms with Crippen LogP contribution in [0.5, 0.6) is 0 Å². The molecule has 3 heterocycles. The predicted octanol–water partition coefficient (Wildman–Crippen LogP) is 3.38. The lowest BCUT2D eigenvalue weighted by Crippen LogP contribution is -2.59. The van der Waals surface area contributed by atoms with E-state index in [1.54, 1.807) is 0 Å². The Kier molecular flexibility index (Phi) is 5.23. The second-order valence-corrected chi connectivity index (χ2v) is 7.77. The zero-order chi connectivity index (χ0) is 17.8. The molecule has 0 aliphatic carbocycles. The first-order chi connectivity index (χ1) is 12.7. The van der Waals surface area contributed by atoms with Crippen LogP contribution in [-0.2, 0) is 11.2 Å². The largest absolute Gasteiger partial charge is 0.368 e. The molecule has 26 heavy (non-hydrogen) atoms. The number of para-hydroxylation sites is 1. The van der Waals surface area contributed by atoms with Gasteiger partial charge in [-0.25, -0.2) is 0 Å². The number of piperidine rings is 1. The Morgan fingerprint density at radius 1 is 1.08 bits per heavy atom. The number of nitrogens with zero attached hydrogens (tertiary/aromatic N) is 3. The summed E-state index contributed by atoms with van der Waals surface area (Å²) in [6.45, 7) is 7.59. The van der Waals surface area contributed by atoms with Crippen molar-refractivity contribution in [1.82, 2.24) is 9.88 Å². The quantitative estimate of drug-likeness (QED) is 0.844. The Labute approximate surface area is 156 Å². The molecule has 0 N–H and O–H groups in total. The van der Waals surface area contributed by atoms with Crippen molar-refractivity contribution in [2.45, 2.75) is 37.9 Å². The van der Waals surface area contributed by atoms with Crippen LogP contribution in [-0.4, -0.2) is 54.3 Å². The van der Waals surface area contributed by atoms with Gasteiger partial charge in [-0.05, 0) is 56.0 Å². The maximum Gasteiger partial charge on any atom is 0.0885 e. The van der Waals surface area contributed by atoms with Crippen molar-refractivity contribution in [3.05, 3.63) is 60.4 Å². The van der Waals surface area contributed by atoms with Crippen LogP contribution in [0.2, 0.25) is 0 Å². The summed E-state index contributed by atoms with van der Waals surface area (Å²) in [6, 6.07) is 15.0. The lowest BCUT2D eigenvalue weighted by Gasteiger charge is -2.50. The SMILES string of the molecule is CC1CN(c2ccccc2)CC2(CCN(CCc3ccncc3)CC2)O1. The van der Waals surface area contributed by atoms with Crippen LogP contribution < -0.4 is 4.90 Å². The molecule has 0 saturated carbocycles. The molecule has 1 atom stereocenters. The highest BCUT2D eigenvalue weighted by Crippen LogP contribution is 2.34. The van der Waals surface area contributed by atoms with Crippen LogP contribution in [0.1, 0.15) is 25.3 Å². The zero-order valence-electron chi connectivity index (χ0n) is 15.7. The van der Waals surface area contributed by atoms with Crippen molar-refractivity contribution in [3.63, 3.8) is 0 Å². The monoisotopic (exact) mass is 351 g/mol. The Hall–Kier alpha value is -1.91. The van der Waals surface area contributed by atoms with Gasteiger partial charge in [0.15, 0.2) is 0 Å². The molecule has 2 aromatic rings. The zero-order valence-corrected chi connectivity index (χ0v) is 15.7. The Morgan fingerprint density at radius 3 is 2.54 bits per heavy atom. The van der Waals surface area contributed by atoms with Gasteiger partial charge in [0.25, 0.3) is 0 Å². The molecule has 0 bridgehead atoms. The minimum atomic E-state index is 0.0146. The van der Waals surface area contributed by atoms with E-state index in [1.807, 2.05) is 12.4 Å². The maximum absolute atomic E-state index is 6.50. The molecule has 0 amide bonds. The average molecular weight is 351 g/mol. The van der Waals surface area contributed by atoms with Gasteiger partial charge < -0.3 is 14.5 Å². The fourth-order valence-electron chi connectivity index (χ4n) is 4.36. The number of anilines is 1. The van der Waals surface area contributed by atoms with E-state index in [-0.39, 0.29) is 11.7 Å².